The quantitative estimate of drug-likeness (QED) is 0.267. The zero-order valence-electron chi connectivity index (χ0n) is 18.4. The number of amides is 1. The minimum atomic E-state index is -0.439. The van der Waals surface area contributed by atoms with Gasteiger partial charge in [0.1, 0.15) is 10.8 Å². The fourth-order valence-electron chi connectivity index (χ4n) is 3.35. The number of thioether (sulfide) groups is 1. The van der Waals surface area contributed by atoms with Crippen molar-refractivity contribution in [1.29, 1.82) is 0 Å². The first-order chi connectivity index (χ1) is 15.5. The summed E-state index contributed by atoms with van der Waals surface area (Å²) in [4.78, 5) is 25.9. The van der Waals surface area contributed by atoms with Gasteiger partial charge in [0.05, 0.1) is 18.4 Å². The molecule has 3 aromatic rings. The second-order valence-corrected chi connectivity index (χ2v) is 9.15. The van der Waals surface area contributed by atoms with Crippen LogP contribution in [-0.2, 0) is 28.9 Å². The Morgan fingerprint density at radius 3 is 2.69 bits per heavy atom. The maximum atomic E-state index is 12.7. The van der Waals surface area contributed by atoms with E-state index in [1.54, 1.807) is 6.08 Å². The van der Waals surface area contributed by atoms with Crippen LogP contribution >= 0.6 is 23.1 Å². The fourth-order valence-corrected chi connectivity index (χ4v) is 5.27. The molecule has 0 unspecified atom stereocenters. The number of hydrogen-bond acceptors (Lipinski definition) is 7. The molecule has 32 heavy (non-hydrogen) atoms. The van der Waals surface area contributed by atoms with E-state index >= 15 is 0 Å². The lowest BCUT2D eigenvalue weighted by Crippen LogP contribution is -2.16. The molecule has 0 aliphatic carbocycles. The van der Waals surface area contributed by atoms with Gasteiger partial charge in [-0.05, 0) is 24.5 Å². The zero-order chi connectivity index (χ0) is 23.1. The Labute approximate surface area is 195 Å². The van der Waals surface area contributed by atoms with E-state index in [1.807, 2.05) is 48.7 Å². The van der Waals surface area contributed by atoms with E-state index in [9.17, 15) is 9.59 Å². The number of nitrogens with zero attached hydrogens (tertiary/aromatic N) is 3. The topological polar surface area (TPSA) is 86.1 Å². The van der Waals surface area contributed by atoms with Crippen molar-refractivity contribution in [2.45, 2.75) is 38.4 Å². The van der Waals surface area contributed by atoms with Crippen molar-refractivity contribution in [3.05, 3.63) is 70.4 Å². The fraction of sp³-hybridized carbons (Fsp3) is 0.304. The van der Waals surface area contributed by atoms with Crippen LogP contribution in [0.5, 0.6) is 0 Å². The SMILES string of the molecule is C=CCn1c(Cc2ccccc2)nnc1SCC(=O)Nc1sc(C)c(CC)c1C(=O)OC. The van der Waals surface area contributed by atoms with E-state index in [4.69, 9.17) is 4.74 Å². The van der Waals surface area contributed by atoms with Gasteiger partial charge in [0.2, 0.25) is 5.91 Å². The van der Waals surface area contributed by atoms with Crippen molar-refractivity contribution in [3.8, 4) is 0 Å². The minimum absolute atomic E-state index is 0.139. The van der Waals surface area contributed by atoms with Gasteiger partial charge in [-0.15, -0.1) is 28.1 Å². The highest BCUT2D eigenvalue weighted by atomic mass is 32.2. The van der Waals surface area contributed by atoms with Gasteiger partial charge in [0, 0.05) is 17.8 Å². The van der Waals surface area contributed by atoms with Crippen molar-refractivity contribution in [2.75, 3.05) is 18.2 Å². The van der Waals surface area contributed by atoms with Crippen LogP contribution < -0.4 is 5.32 Å². The van der Waals surface area contributed by atoms with Crippen LogP contribution in [0, 0.1) is 6.92 Å². The molecule has 0 saturated heterocycles. The number of nitrogens with one attached hydrogen (secondary N) is 1. The summed E-state index contributed by atoms with van der Waals surface area (Å²) in [6.07, 6.45) is 3.11. The maximum absolute atomic E-state index is 12.7. The third-order valence-electron chi connectivity index (χ3n) is 4.85. The Bertz CT molecular complexity index is 1110. The second-order valence-electron chi connectivity index (χ2n) is 6.98. The van der Waals surface area contributed by atoms with Gasteiger partial charge in [-0.1, -0.05) is 55.1 Å². The number of rotatable bonds is 10. The molecule has 0 saturated carbocycles. The van der Waals surface area contributed by atoms with Gasteiger partial charge in [0.15, 0.2) is 5.16 Å². The number of methoxy groups -OCH3 is 1. The molecule has 9 heteroatoms. The van der Waals surface area contributed by atoms with Gasteiger partial charge in [0.25, 0.3) is 0 Å². The van der Waals surface area contributed by atoms with E-state index in [2.05, 4.69) is 22.1 Å². The average molecular weight is 471 g/mol. The summed E-state index contributed by atoms with van der Waals surface area (Å²) in [6.45, 7) is 8.28. The maximum Gasteiger partial charge on any atom is 0.341 e. The molecular formula is C23H26N4O3S2. The monoisotopic (exact) mass is 470 g/mol. The molecule has 3 rings (SSSR count). The van der Waals surface area contributed by atoms with Gasteiger partial charge in [-0.3, -0.25) is 4.79 Å². The number of aromatic nitrogens is 3. The second kappa shape index (κ2) is 11.1. The van der Waals surface area contributed by atoms with Crippen molar-refractivity contribution < 1.29 is 14.3 Å². The molecule has 0 bridgehead atoms. The number of esters is 1. The van der Waals surface area contributed by atoms with Crippen LogP contribution in [0.3, 0.4) is 0 Å². The average Bonchev–Trinajstić information content (AvgIpc) is 3.32. The van der Waals surface area contributed by atoms with Gasteiger partial charge < -0.3 is 14.6 Å². The highest BCUT2D eigenvalue weighted by Gasteiger charge is 2.23. The predicted molar refractivity (Wildman–Crippen MR) is 129 cm³/mol. The Balaban J connectivity index is 1.71. The molecule has 168 valence electrons. The smallest absolute Gasteiger partial charge is 0.341 e. The predicted octanol–water partition coefficient (Wildman–Crippen LogP) is 4.50. The van der Waals surface area contributed by atoms with Gasteiger partial charge in [-0.2, -0.15) is 0 Å². The number of thiophene rings is 1. The summed E-state index contributed by atoms with van der Waals surface area (Å²) < 4.78 is 6.88. The summed E-state index contributed by atoms with van der Waals surface area (Å²) >= 11 is 2.69. The summed E-state index contributed by atoms with van der Waals surface area (Å²) in [7, 11) is 1.34. The first kappa shape index (κ1) is 23.7. The number of carbonyl (C=O) groups is 2. The van der Waals surface area contributed by atoms with Crippen LogP contribution in [0.1, 0.15) is 39.1 Å². The van der Waals surface area contributed by atoms with E-state index in [1.165, 1.54) is 30.2 Å². The lowest BCUT2D eigenvalue weighted by Gasteiger charge is -2.09. The lowest BCUT2D eigenvalue weighted by molar-refractivity contribution is -0.113. The normalized spacial score (nSPS) is 10.7. The third kappa shape index (κ3) is 5.46. The first-order valence-corrected chi connectivity index (χ1v) is 12.0. The van der Waals surface area contributed by atoms with Crippen molar-refractivity contribution in [2.24, 2.45) is 0 Å². The van der Waals surface area contributed by atoms with Crippen molar-refractivity contribution in [1.82, 2.24) is 14.8 Å². The van der Waals surface area contributed by atoms with Crippen LogP contribution in [-0.4, -0.2) is 39.5 Å². The minimum Gasteiger partial charge on any atom is -0.465 e. The molecule has 0 radical (unpaired) electrons. The van der Waals surface area contributed by atoms with Crippen LogP contribution in [0.15, 0.2) is 48.1 Å². The number of allylic oxidation sites excluding steroid dienone is 1. The van der Waals surface area contributed by atoms with E-state index in [-0.39, 0.29) is 11.7 Å². The molecule has 0 fully saturated rings. The summed E-state index contributed by atoms with van der Waals surface area (Å²) in [5.41, 5.74) is 2.48. The van der Waals surface area contributed by atoms with Crippen molar-refractivity contribution >= 4 is 40.0 Å². The van der Waals surface area contributed by atoms with Gasteiger partial charge in [-0.25, -0.2) is 4.79 Å². The molecule has 1 aromatic carbocycles. The number of ether oxygens (including phenoxy) is 1. The zero-order valence-corrected chi connectivity index (χ0v) is 20.0. The standard InChI is InChI=1S/C23H26N4O3S2/c1-5-12-27-18(13-16-10-8-7-9-11-16)25-26-23(27)31-14-19(28)24-21-20(22(29)30-4)17(6-2)15(3)32-21/h5,7-11H,1,6,12-14H2,2-4H3,(H,24,28). The van der Waals surface area contributed by atoms with Gasteiger partial charge >= 0.3 is 5.97 Å². The summed E-state index contributed by atoms with van der Waals surface area (Å²) in [5.74, 6) is 0.292. The Hall–Kier alpha value is -2.91. The van der Waals surface area contributed by atoms with E-state index in [0.29, 0.717) is 35.1 Å². The third-order valence-corrected chi connectivity index (χ3v) is 6.88. The Morgan fingerprint density at radius 1 is 1.28 bits per heavy atom. The van der Waals surface area contributed by atoms with Crippen LogP contribution in [0.25, 0.3) is 0 Å². The van der Waals surface area contributed by atoms with E-state index < -0.39 is 5.97 Å². The molecule has 7 nitrogen and oxygen atoms in total. The highest BCUT2D eigenvalue weighted by Crippen LogP contribution is 2.34. The van der Waals surface area contributed by atoms with Crippen molar-refractivity contribution in [3.63, 3.8) is 0 Å². The molecule has 0 atom stereocenters. The Kier molecular flexibility index (Phi) is 8.24. The molecule has 1 amide bonds. The highest BCUT2D eigenvalue weighted by molar-refractivity contribution is 7.99. The summed E-state index contributed by atoms with van der Waals surface area (Å²) in [6, 6.07) is 10.0. The molecule has 2 aromatic heterocycles. The first-order valence-electron chi connectivity index (χ1n) is 10.2. The van der Waals surface area contributed by atoms with Crippen LogP contribution in [0.2, 0.25) is 0 Å². The number of benzene rings is 1. The lowest BCUT2D eigenvalue weighted by atomic mass is 10.1. The van der Waals surface area contributed by atoms with E-state index in [0.717, 1.165) is 21.8 Å². The van der Waals surface area contributed by atoms with Crippen LogP contribution in [0.4, 0.5) is 5.00 Å². The Morgan fingerprint density at radius 2 is 2.03 bits per heavy atom. The molecule has 0 aliphatic rings. The number of carbonyl (C=O) groups excluding carboxylic acids is 2. The molecule has 0 aliphatic heterocycles. The molecule has 0 spiro atoms. The molecule has 2 heterocycles. The summed E-state index contributed by atoms with van der Waals surface area (Å²) in [5, 5.41) is 12.6. The number of hydrogen-bond donors (Lipinski definition) is 1. The number of aryl methyl sites for hydroxylation is 1. The largest absolute Gasteiger partial charge is 0.465 e. The number of anilines is 1. The molecular weight excluding hydrogens is 444 g/mol. The molecule has 1 N–H and O–H groups in total.